The van der Waals surface area contributed by atoms with Gasteiger partial charge in [-0.15, -0.1) is 0 Å². The van der Waals surface area contributed by atoms with Crippen molar-refractivity contribution in [2.24, 2.45) is 0 Å². The molecule has 2 aromatic rings. The van der Waals surface area contributed by atoms with Crippen molar-refractivity contribution < 1.29 is 9.59 Å². The van der Waals surface area contributed by atoms with E-state index in [1.165, 1.54) is 11.1 Å². The molecular formula is C22H28N4O2S. The minimum absolute atomic E-state index is 0.0424. The van der Waals surface area contributed by atoms with Gasteiger partial charge in [0.05, 0.1) is 0 Å². The number of carbonyl (C=O) groups is 2. The SMILES string of the molecule is O=C(CCC1(Cc2ccsc2)CCC(=O)N1)NCC1CC(c2ccccc2)NN1. The number of hydrogen-bond donors (Lipinski definition) is 4. The number of nitrogens with one attached hydrogen (secondary N) is 4. The van der Waals surface area contributed by atoms with E-state index in [2.05, 4.69) is 50.4 Å². The zero-order valence-corrected chi connectivity index (χ0v) is 17.3. The minimum atomic E-state index is -0.291. The van der Waals surface area contributed by atoms with Crippen molar-refractivity contribution in [3.8, 4) is 0 Å². The van der Waals surface area contributed by atoms with Gasteiger partial charge in [-0.25, -0.2) is 5.43 Å². The number of benzene rings is 1. The van der Waals surface area contributed by atoms with Gasteiger partial charge in [0.1, 0.15) is 0 Å². The third-order valence-electron chi connectivity index (χ3n) is 5.92. The summed E-state index contributed by atoms with van der Waals surface area (Å²) in [4.78, 5) is 24.3. The van der Waals surface area contributed by atoms with Crippen LogP contribution in [0.3, 0.4) is 0 Å². The monoisotopic (exact) mass is 412 g/mol. The summed E-state index contributed by atoms with van der Waals surface area (Å²) in [5.41, 5.74) is 8.78. The summed E-state index contributed by atoms with van der Waals surface area (Å²) in [6.45, 7) is 0.596. The Morgan fingerprint density at radius 3 is 2.79 bits per heavy atom. The zero-order chi connectivity index (χ0) is 20.1. The van der Waals surface area contributed by atoms with Crippen LogP contribution in [0.25, 0.3) is 0 Å². The lowest BCUT2D eigenvalue weighted by molar-refractivity contribution is -0.122. The molecule has 0 bridgehead atoms. The Hall–Kier alpha value is -2.22. The number of hydrazine groups is 1. The molecule has 4 N–H and O–H groups in total. The maximum atomic E-state index is 12.5. The molecular weight excluding hydrogens is 384 g/mol. The smallest absolute Gasteiger partial charge is 0.220 e. The average Bonchev–Trinajstić information content (AvgIpc) is 3.48. The van der Waals surface area contributed by atoms with E-state index < -0.39 is 0 Å². The van der Waals surface area contributed by atoms with Crippen molar-refractivity contribution in [1.29, 1.82) is 0 Å². The number of amides is 2. The summed E-state index contributed by atoms with van der Waals surface area (Å²) in [5.74, 6) is 0.134. The summed E-state index contributed by atoms with van der Waals surface area (Å²) < 4.78 is 0. The van der Waals surface area contributed by atoms with Crippen LogP contribution < -0.4 is 21.5 Å². The van der Waals surface area contributed by atoms with Crippen LogP contribution in [0, 0.1) is 0 Å². The van der Waals surface area contributed by atoms with Gasteiger partial charge < -0.3 is 10.6 Å². The Morgan fingerprint density at radius 1 is 1.21 bits per heavy atom. The quantitative estimate of drug-likeness (QED) is 0.537. The molecule has 2 aliphatic rings. The fraction of sp³-hybridized carbons (Fsp3) is 0.455. The molecule has 7 heteroatoms. The molecule has 1 aromatic heterocycles. The second-order valence-corrected chi connectivity index (χ2v) is 8.91. The van der Waals surface area contributed by atoms with E-state index >= 15 is 0 Å². The maximum Gasteiger partial charge on any atom is 0.220 e. The molecule has 0 spiro atoms. The molecule has 1 aromatic carbocycles. The van der Waals surface area contributed by atoms with Gasteiger partial charge in [0.2, 0.25) is 11.8 Å². The predicted octanol–water partition coefficient (Wildman–Crippen LogP) is 2.44. The molecule has 6 nitrogen and oxygen atoms in total. The lowest BCUT2D eigenvalue weighted by Gasteiger charge is -2.29. The topological polar surface area (TPSA) is 82.3 Å². The highest BCUT2D eigenvalue weighted by molar-refractivity contribution is 7.07. The Bertz CT molecular complexity index is 827. The van der Waals surface area contributed by atoms with Gasteiger partial charge in [0.25, 0.3) is 0 Å². The second-order valence-electron chi connectivity index (χ2n) is 8.13. The molecule has 3 atom stereocenters. The second kappa shape index (κ2) is 9.07. The van der Waals surface area contributed by atoms with Gasteiger partial charge in [-0.1, -0.05) is 30.3 Å². The van der Waals surface area contributed by atoms with Gasteiger partial charge in [0.15, 0.2) is 0 Å². The van der Waals surface area contributed by atoms with E-state index in [0.717, 1.165) is 19.3 Å². The maximum absolute atomic E-state index is 12.5. The fourth-order valence-electron chi connectivity index (χ4n) is 4.30. The van der Waals surface area contributed by atoms with Crippen LogP contribution in [0.5, 0.6) is 0 Å². The van der Waals surface area contributed by atoms with Crippen LogP contribution in [0.1, 0.15) is 49.3 Å². The standard InChI is InChI=1S/C22H28N4O2S/c27-20(23-14-18-12-19(26-25-18)17-4-2-1-3-5-17)6-9-22(10-7-21(28)24-22)13-16-8-11-29-15-16/h1-5,8,11,15,18-19,25-26H,6-7,9-10,12-14H2,(H,23,27)(H,24,28). The van der Waals surface area contributed by atoms with Crippen LogP contribution in [-0.2, 0) is 16.0 Å². The first-order chi connectivity index (χ1) is 14.1. The van der Waals surface area contributed by atoms with Crippen molar-refractivity contribution in [2.45, 2.75) is 56.1 Å². The van der Waals surface area contributed by atoms with Gasteiger partial charge in [-0.05, 0) is 53.6 Å². The summed E-state index contributed by atoms with van der Waals surface area (Å²) in [6.07, 6.45) is 4.16. The molecule has 2 amide bonds. The molecule has 2 fully saturated rings. The van der Waals surface area contributed by atoms with E-state index in [1.807, 2.05) is 18.2 Å². The summed E-state index contributed by atoms with van der Waals surface area (Å²) in [5, 5.41) is 10.4. The largest absolute Gasteiger partial charge is 0.354 e. The van der Waals surface area contributed by atoms with Gasteiger partial charge in [0, 0.05) is 37.0 Å². The Kier molecular flexibility index (Phi) is 6.28. The fourth-order valence-corrected chi connectivity index (χ4v) is 4.97. The minimum Gasteiger partial charge on any atom is -0.354 e. The zero-order valence-electron chi connectivity index (χ0n) is 16.4. The molecule has 3 heterocycles. The van der Waals surface area contributed by atoms with Crippen LogP contribution in [0.15, 0.2) is 47.2 Å². The highest BCUT2D eigenvalue weighted by Gasteiger charge is 2.38. The first kappa shape index (κ1) is 20.1. The molecule has 2 saturated heterocycles. The highest BCUT2D eigenvalue weighted by atomic mass is 32.1. The van der Waals surface area contributed by atoms with E-state index in [-0.39, 0.29) is 29.4 Å². The van der Waals surface area contributed by atoms with Crippen molar-refractivity contribution in [2.75, 3.05) is 6.54 Å². The number of carbonyl (C=O) groups excluding carboxylic acids is 2. The summed E-state index contributed by atoms with van der Waals surface area (Å²) >= 11 is 1.66. The van der Waals surface area contributed by atoms with E-state index in [1.54, 1.807) is 11.3 Å². The molecule has 3 unspecified atom stereocenters. The first-order valence-electron chi connectivity index (χ1n) is 10.3. The number of rotatable bonds is 8. The summed E-state index contributed by atoms with van der Waals surface area (Å²) in [6, 6.07) is 12.9. The molecule has 0 aliphatic carbocycles. The van der Waals surface area contributed by atoms with Crippen molar-refractivity contribution in [3.63, 3.8) is 0 Å². The van der Waals surface area contributed by atoms with Crippen LogP contribution in [0.2, 0.25) is 0 Å². The van der Waals surface area contributed by atoms with Gasteiger partial charge >= 0.3 is 0 Å². The van der Waals surface area contributed by atoms with E-state index in [9.17, 15) is 9.59 Å². The molecule has 29 heavy (non-hydrogen) atoms. The first-order valence-corrected chi connectivity index (χ1v) is 11.2. The van der Waals surface area contributed by atoms with Crippen molar-refractivity contribution in [3.05, 3.63) is 58.3 Å². The highest BCUT2D eigenvalue weighted by Crippen LogP contribution is 2.30. The lowest BCUT2D eigenvalue weighted by Crippen LogP contribution is -2.45. The van der Waals surface area contributed by atoms with E-state index in [0.29, 0.717) is 25.8 Å². The van der Waals surface area contributed by atoms with Crippen molar-refractivity contribution >= 4 is 23.2 Å². The number of thiophene rings is 1. The van der Waals surface area contributed by atoms with Crippen molar-refractivity contribution in [1.82, 2.24) is 21.5 Å². The Balaban J connectivity index is 1.23. The normalized spacial score (nSPS) is 26.4. The van der Waals surface area contributed by atoms with Crippen LogP contribution >= 0.6 is 11.3 Å². The molecule has 0 saturated carbocycles. The third-order valence-corrected chi connectivity index (χ3v) is 6.65. The molecule has 0 radical (unpaired) electrons. The van der Waals surface area contributed by atoms with Gasteiger partial charge in [-0.3, -0.25) is 15.0 Å². The molecule has 2 aliphatic heterocycles. The average molecular weight is 413 g/mol. The Morgan fingerprint density at radius 2 is 2.07 bits per heavy atom. The molecule has 4 rings (SSSR count). The Labute approximate surface area is 175 Å². The van der Waals surface area contributed by atoms with Crippen LogP contribution in [-0.4, -0.2) is 29.9 Å². The molecule has 154 valence electrons. The third kappa shape index (κ3) is 5.23. The summed E-state index contributed by atoms with van der Waals surface area (Å²) in [7, 11) is 0. The van der Waals surface area contributed by atoms with Gasteiger partial charge in [-0.2, -0.15) is 11.3 Å². The van der Waals surface area contributed by atoms with E-state index in [4.69, 9.17) is 0 Å². The van der Waals surface area contributed by atoms with Crippen LogP contribution in [0.4, 0.5) is 0 Å². The lowest BCUT2D eigenvalue weighted by atomic mass is 9.85. The predicted molar refractivity (Wildman–Crippen MR) is 114 cm³/mol. The number of hydrogen-bond acceptors (Lipinski definition) is 5.